The van der Waals surface area contributed by atoms with Crippen LogP contribution >= 0.6 is 0 Å². The summed E-state index contributed by atoms with van der Waals surface area (Å²) in [6.07, 6.45) is -0.614. The molecule has 1 fully saturated rings. The van der Waals surface area contributed by atoms with Gasteiger partial charge in [-0.15, -0.1) is 0 Å². The van der Waals surface area contributed by atoms with Crippen LogP contribution in [0.15, 0.2) is 24.3 Å². The maximum Gasteiger partial charge on any atom is 0.410 e. The second-order valence-electron chi connectivity index (χ2n) is 8.03. The minimum atomic E-state index is -1.05. The molecule has 4 amide bonds. The van der Waals surface area contributed by atoms with Crippen molar-refractivity contribution in [3.63, 3.8) is 0 Å². The molecule has 1 saturated heterocycles. The van der Waals surface area contributed by atoms with Gasteiger partial charge in [0.2, 0.25) is 5.91 Å². The van der Waals surface area contributed by atoms with E-state index in [1.165, 1.54) is 28.9 Å². The molecule has 10 nitrogen and oxygen atoms in total. The highest BCUT2D eigenvalue weighted by molar-refractivity contribution is 6.20. The third kappa shape index (κ3) is 4.12. The van der Waals surface area contributed by atoms with Crippen LogP contribution in [0.4, 0.5) is 4.79 Å². The van der Waals surface area contributed by atoms with E-state index in [1.54, 1.807) is 32.9 Å². The Hall–Kier alpha value is -3.43. The standard InChI is InChI=1S/C20H23N3O7/c1-12(22-10-9-21(11-15(22)24)19(28)29-20(2,3)4)18(27)30-23-16(25)13-7-5-6-8-14(13)17(23)26/h5-8,12H,9-11H2,1-4H3. The SMILES string of the molecule is CC(C(=O)ON1C(=O)c2ccccc2C1=O)N1CCN(C(=O)OC(C)(C)C)CC1=O. The molecule has 1 aromatic carbocycles. The van der Waals surface area contributed by atoms with Crippen LogP contribution in [0.5, 0.6) is 0 Å². The lowest BCUT2D eigenvalue weighted by Gasteiger charge is -2.37. The molecular weight excluding hydrogens is 394 g/mol. The van der Waals surface area contributed by atoms with E-state index in [9.17, 15) is 24.0 Å². The smallest absolute Gasteiger partial charge is 0.410 e. The van der Waals surface area contributed by atoms with Crippen LogP contribution in [0.1, 0.15) is 48.4 Å². The number of carbonyl (C=O) groups excluding carboxylic acids is 5. The number of amides is 4. The summed E-state index contributed by atoms with van der Waals surface area (Å²) in [6.45, 7) is 6.60. The summed E-state index contributed by atoms with van der Waals surface area (Å²) >= 11 is 0. The van der Waals surface area contributed by atoms with Crippen LogP contribution in [-0.2, 0) is 19.2 Å². The maximum atomic E-state index is 12.5. The zero-order valence-electron chi connectivity index (χ0n) is 17.2. The van der Waals surface area contributed by atoms with Crippen molar-refractivity contribution < 1.29 is 33.5 Å². The molecule has 0 saturated carbocycles. The summed E-state index contributed by atoms with van der Waals surface area (Å²) in [5.41, 5.74) is -0.407. The lowest BCUT2D eigenvalue weighted by molar-refractivity contribution is -0.177. The van der Waals surface area contributed by atoms with Crippen molar-refractivity contribution in [3.05, 3.63) is 35.4 Å². The first-order valence-electron chi connectivity index (χ1n) is 9.46. The van der Waals surface area contributed by atoms with E-state index in [-0.39, 0.29) is 30.8 Å². The summed E-state index contributed by atoms with van der Waals surface area (Å²) in [5.74, 6) is -2.88. The fraction of sp³-hybridized carbons (Fsp3) is 0.450. The summed E-state index contributed by atoms with van der Waals surface area (Å²) in [4.78, 5) is 69.3. The number of nitrogens with zero attached hydrogens (tertiary/aromatic N) is 3. The second kappa shape index (κ2) is 7.77. The number of imide groups is 1. The third-order valence-corrected chi connectivity index (χ3v) is 4.66. The zero-order valence-corrected chi connectivity index (χ0v) is 17.2. The molecule has 1 unspecified atom stereocenters. The highest BCUT2D eigenvalue weighted by Crippen LogP contribution is 2.23. The Balaban J connectivity index is 1.61. The van der Waals surface area contributed by atoms with E-state index in [0.717, 1.165) is 0 Å². The molecule has 1 atom stereocenters. The monoisotopic (exact) mass is 417 g/mol. The Morgan fingerprint density at radius 1 is 1.00 bits per heavy atom. The molecule has 30 heavy (non-hydrogen) atoms. The van der Waals surface area contributed by atoms with Gasteiger partial charge in [-0.2, -0.15) is 0 Å². The van der Waals surface area contributed by atoms with Crippen LogP contribution in [0.25, 0.3) is 0 Å². The number of ether oxygens (including phenoxy) is 1. The van der Waals surface area contributed by atoms with Gasteiger partial charge in [0, 0.05) is 13.1 Å². The average Bonchev–Trinajstić information content (AvgIpc) is 2.91. The van der Waals surface area contributed by atoms with E-state index in [2.05, 4.69) is 0 Å². The molecule has 1 aromatic rings. The molecule has 3 rings (SSSR count). The summed E-state index contributed by atoms with van der Waals surface area (Å²) in [7, 11) is 0. The van der Waals surface area contributed by atoms with Gasteiger partial charge in [-0.05, 0) is 39.8 Å². The van der Waals surface area contributed by atoms with Crippen molar-refractivity contribution in [1.29, 1.82) is 0 Å². The number of carbonyl (C=O) groups is 5. The molecule has 0 aromatic heterocycles. The first-order chi connectivity index (χ1) is 14.0. The highest BCUT2D eigenvalue weighted by Gasteiger charge is 2.41. The number of hydrogen-bond acceptors (Lipinski definition) is 7. The van der Waals surface area contributed by atoms with E-state index in [0.29, 0.717) is 5.06 Å². The molecule has 2 aliphatic rings. The molecule has 0 bridgehead atoms. The van der Waals surface area contributed by atoms with Gasteiger partial charge in [0.1, 0.15) is 18.2 Å². The first-order valence-corrected chi connectivity index (χ1v) is 9.46. The molecule has 10 heteroatoms. The van der Waals surface area contributed by atoms with Crippen LogP contribution in [0.2, 0.25) is 0 Å². The zero-order chi connectivity index (χ0) is 22.2. The van der Waals surface area contributed by atoms with Gasteiger partial charge in [-0.1, -0.05) is 17.2 Å². The molecule has 0 spiro atoms. The van der Waals surface area contributed by atoms with Gasteiger partial charge in [0.05, 0.1) is 11.1 Å². The Labute approximate surface area is 173 Å². The average molecular weight is 417 g/mol. The Morgan fingerprint density at radius 2 is 1.57 bits per heavy atom. The number of piperazine rings is 1. The second-order valence-corrected chi connectivity index (χ2v) is 8.03. The molecule has 0 radical (unpaired) electrons. The fourth-order valence-corrected chi connectivity index (χ4v) is 3.12. The summed E-state index contributed by atoms with van der Waals surface area (Å²) in [6, 6.07) is 5.07. The molecule has 160 valence electrons. The normalized spacial score (nSPS) is 17.7. The minimum Gasteiger partial charge on any atom is -0.444 e. The topological polar surface area (TPSA) is 114 Å². The quantitative estimate of drug-likeness (QED) is 0.679. The minimum absolute atomic E-state index is 0.0798. The van der Waals surface area contributed by atoms with Crippen molar-refractivity contribution in [3.8, 4) is 0 Å². The van der Waals surface area contributed by atoms with Crippen LogP contribution in [-0.4, -0.2) is 75.9 Å². The third-order valence-electron chi connectivity index (χ3n) is 4.66. The predicted molar refractivity (Wildman–Crippen MR) is 102 cm³/mol. The number of benzene rings is 1. The lowest BCUT2D eigenvalue weighted by atomic mass is 10.1. The van der Waals surface area contributed by atoms with E-state index < -0.39 is 41.4 Å². The van der Waals surface area contributed by atoms with Gasteiger partial charge >= 0.3 is 12.1 Å². The summed E-state index contributed by atoms with van der Waals surface area (Å²) < 4.78 is 5.25. The van der Waals surface area contributed by atoms with Crippen molar-refractivity contribution in [1.82, 2.24) is 14.9 Å². The molecule has 2 heterocycles. The maximum absolute atomic E-state index is 12.5. The van der Waals surface area contributed by atoms with Crippen LogP contribution < -0.4 is 0 Å². The van der Waals surface area contributed by atoms with Crippen molar-refractivity contribution >= 4 is 29.8 Å². The largest absolute Gasteiger partial charge is 0.444 e. The number of hydrogen-bond donors (Lipinski definition) is 0. The Bertz CT molecular complexity index is 886. The van der Waals surface area contributed by atoms with E-state index in [1.807, 2.05) is 0 Å². The van der Waals surface area contributed by atoms with Crippen molar-refractivity contribution in [2.75, 3.05) is 19.6 Å². The van der Waals surface area contributed by atoms with Gasteiger partial charge < -0.3 is 14.5 Å². The van der Waals surface area contributed by atoms with Gasteiger partial charge in [0.25, 0.3) is 11.8 Å². The first kappa shape index (κ1) is 21.3. The van der Waals surface area contributed by atoms with Crippen LogP contribution in [0, 0.1) is 0 Å². The number of rotatable bonds is 3. The van der Waals surface area contributed by atoms with E-state index >= 15 is 0 Å². The number of hydroxylamine groups is 2. The molecular formula is C20H23N3O7. The highest BCUT2D eigenvalue weighted by atomic mass is 16.7. The molecule has 0 N–H and O–H groups in total. The van der Waals surface area contributed by atoms with Crippen molar-refractivity contribution in [2.24, 2.45) is 0 Å². The summed E-state index contributed by atoms with van der Waals surface area (Å²) in [5, 5.41) is 0.408. The van der Waals surface area contributed by atoms with Crippen molar-refractivity contribution in [2.45, 2.75) is 39.3 Å². The van der Waals surface area contributed by atoms with Gasteiger partial charge in [-0.3, -0.25) is 19.3 Å². The molecule has 2 aliphatic heterocycles. The van der Waals surface area contributed by atoms with Crippen LogP contribution in [0.3, 0.4) is 0 Å². The predicted octanol–water partition coefficient (Wildman–Crippen LogP) is 1.21. The molecule has 0 aliphatic carbocycles. The van der Waals surface area contributed by atoms with Gasteiger partial charge in [-0.25, -0.2) is 9.59 Å². The Morgan fingerprint density at radius 3 is 2.07 bits per heavy atom. The lowest BCUT2D eigenvalue weighted by Crippen LogP contribution is -2.57. The Kier molecular flexibility index (Phi) is 5.51. The fourth-order valence-electron chi connectivity index (χ4n) is 3.12. The van der Waals surface area contributed by atoms with Gasteiger partial charge in [0.15, 0.2) is 0 Å². The number of fused-ring (bicyclic) bond motifs is 1. The van der Waals surface area contributed by atoms with E-state index in [4.69, 9.17) is 9.57 Å².